The third-order valence-corrected chi connectivity index (χ3v) is 5.05. The van der Waals surface area contributed by atoms with Gasteiger partial charge in [-0.2, -0.15) is 0 Å². The molecule has 2 rings (SSSR count). The normalized spacial score (nSPS) is 20.0. The molecule has 0 spiro atoms. The first kappa shape index (κ1) is 23.5. The van der Waals surface area contributed by atoms with Gasteiger partial charge in [0.15, 0.2) is 11.6 Å². The van der Waals surface area contributed by atoms with E-state index in [4.69, 9.17) is 11.6 Å². The predicted molar refractivity (Wildman–Crippen MR) is 103 cm³/mol. The molecular formula is C19H20ClF4N3O3. The second kappa shape index (κ2) is 8.95. The molecule has 1 aromatic carbocycles. The Kier molecular flexibility index (Phi) is 7.02. The molecule has 1 N–H and O–H groups in total. The maximum atomic E-state index is 13.9. The topological polar surface area (TPSA) is 61.9 Å². The third-order valence-electron chi connectivity index (χ3n) is 4.49. The fourth-order valence-corrected chi connectivity index (χ4v) is 3.37. The van der Waals surface area contributed by atoms with Gasteiger partial charge >= 0.3 is 6.36 Å². The van der Waals surface area contributed by atoms with Crippen molar-refractivity contribution in [3.8, 4) is 5.75 Å². The summed E-state index contributed by atoms with van der Waals surface area (Å²) in [5, 5.41) is 2.43. The van der Waals surface area contributed by atoms with E-state index in [9.17, 15) is 27.2 Å². The van der Waals surface area contributed by atoms with Crippen LogP contribution in [0.3, 0.4) is 0 Å². The van der Waals surface area contributed by atoms with Crippen LogP contribution in [0.5, 0.6) is 5.75 Å². The van der Waals surface area contributed by atoms with Crippen molar-refractivity contribution < 1.29 is 31.9 Å². The van der Waals surface area contributed by atoms with Gasteiger partial charge in [0.05, 0.1) is 5.69 Å². The summed E-state index contributed by atoms with van der Waals surface area (Å²) in [4.78, 5) is 28.4. The van der Waals surface area contributed by atoms with E-state index in [0.717, 1.165) is 18.2 Å². The van der Waals surface area contributed by atoms with Crippen molar-refractivity contribution in [1.82, 2.24) is 9.80 Å². The highest BCUT2D eigenvalue weighted by Gasteiger charge is 2.46. The minimum atomic E-state index is -5.18. The van der Waals surface area contributed by atoms with Crippen molar-refractivity contribution in [1.29, 1.82) is 0 Å². The smallest absolute Gasteiger partial charge is 0.400 e. The number of nitrogens with zero attached hydrogens (tertiary/aromatic N) is 2. The van der Waals surface area contributed by atoms with Crippen LogP contribution < -0.4 is 10.1 Å². The van der Waals surface area contributed by atoms with Crippen LogP contribution >= 0.6 is 11.6 Å². The zero-order chi connectivity index (χ0) is 22.8. The lowest BCUT2D eigenvalue weighted by Crippen LogP contribution is -2.34. The number of alkyl halides is 3. The SMILES string of the molecule is C=C/C(=C(/Cl)N(C)C)[C@H]1CN(C)C(=O)[C@@H]1C(=O)Nc1cccc(F)c1OC(F)(F)F. The Bertz CT molecular complexity index is 886. The van der Waals surface area contributed by atoms with Gasteiger partial charge in [-0.15, -0.1) is 13.2 Å². The van der Waals surface area contributed by atoms with Crippen LogP contribution in [-0.4, -0.2) is 55.7 Å². The number of rotatable bonds is 6. The zero-order valence-electron chi connectivity index (χ0n) is 16.4. The van der Waals surface area contributed by atoms with Crippen molar-refractivity contribution in [3.63, 3.8) is 0 Å². The minimum absolute atomic E-state index is 0.136. The van der Waals surface area contributed by atoms with E-state index < -0.39 is 47.3 Å². The van der Waals surface area contributed by atoms with Crippen LogP contribution in [0, 0.1) is 17.7 Å². The second-order valence-electron chi connectivity index (χ2n) is 6.80. The van der Waals surface area contributed by atoms with Gasteiger partial charge < -0.3 is 19.9 Å². The third kappa shape index (κ3) is 5.05. The van der Waals surface area contributed by atoms with Crippen LogP contribution in [0.25, 0.3) is 0 Å². The first-order valence-corrected chi connectivity index (χ1v) is 9.04. The molecule has 1 aliphatic rings. The molecule has 0 saturated carbocycles. The summed E-state index contributed by atoms with van der Waals surface area (Å²) in [6.07, 6.45) is -3.76. The second-order valence-corrected chi connectivity index (χ2v) is 7.16. The average Bonchev–Trinajstić information content (AvgIpc) is 2.92. The molecule has 0 aromatic heterocycles. The molecular weight excluding hydrogens is 430 g/mol. The standard InChI is InChI=1S/C19H20ClF4N3O3/c1-5-10(16(20)26(2)3)11-9-27(4)18(29)14(11)17(28)25-13-8-6-7-12(21)15(13)30-19(22,23)24/h5-8,11,14H,1,9H2,2-4H3,(H,25,28)/b16-10+/t11-,14+/m1/s1. The Morgan fingerprint density at radius 3 is 2.57 bits per heavy atom. The Balaban J connectivity index is 2.42. The molecule has 1 saturated heterocycles. The summed E-state index contributed by atoms with van der Waals surface area (Å²) in [6, 6.07) is 2.90. The predicted octanol–water partition coefficient (Wildman–Crippen LogP) is 3.57. The van der Waals surface area contributed by atoms with Gasteiger partial charge in [-0.1, -0.05) is 30.3 Å². The van der Waals surface area contributed by atoms with Crippen LogP contribution in [0.1, 0.15) is 0 Å². The Morgan fingerprint density at radius 2 is 2.03 bits per heavy atom. The first-order chi connectivity index (χ1) is 13.9. The lowest BCUT2D eigenvalue weighted by Gasteiger charge is -2.22. The first-order valence-electron chi connectivity index (χ1n) is 8.67. The highest BCUT2D eigenvalue weighted by atomic mass is 35.5. The number of carbonyl (C=O) groups excluding carboxylic acids is 2. The largest absolute Gasteiger partial charge is 0.573 e. The quantitative estimate of drug-likeness (QED) is 0.312. The molecule has 1 heterocycles. The van der Waals surface area contributed by atoms with Crippen LogP contribution in [0.4, 0.5) is 23.2 Å². The van der Waals surface area contributed by atoms with Crippen molar-refractivity contribution in [2.75, 3.05) is 33.0 Å². The summed E-state index contributed by atoms with van der Waals surface area (Å²) in [7, 11) is 4.80. The highest BCUT2D eigenvalue weighted by molar-refractivity contribution is 6.29. The molecule has 1 aromatic rings. The number of para-hydroxylation sites is 1. The molecule has 6 nitrogen and oxygen atoms in total. The van der Waals surface area contributed by atoms with Gasteiger partial charge in [-0.3, -0.25) is 9.59 Å². The number of hydrogen-bond acceptors (Lipinski definition) is 4. The minimum Gasteiger partial charge on any atom is -0.400 e. The van der Waals surface area contributed by atoms with Gasteiger partial charge in [-0.25, -0.2) is 4.39 Å². The van der Waals surface area contributed by atoms with E-state index in [1.807, 2.05) is 0 Å². The van der Waals surface area contributed by atoms with Crippen LogP contribution in [-0.2, 0) is 9.59 Å². The van der Waals surface area contributed by atoms with E-state index in [-0.39, 0.29) is 11.7 Å². The van der Waals surface area contributed by atoms with Crippen molar-refractivity contribution in [2.24, 2.45) is 11.8 Å². The number of halogens is 5. The average molecular weight is 450 g/mol. The molecule has 164 valence electrons. The summed E-state index contributed by atoms with van der Waals surface area (Å²) >= 11 is 6.28. The zero-order valence-corrected chi connectivity index (χ0v) is 17.1. The molecule has 0 aliphatic carbocycles. The number of carbonyl (C=O) groups is 2. The molecule has 2 amide bonds. The lowest BCUT2D eigenvalue weighted by molar-refractivity contribution is -0.275. The molecule has 2 atom stereocenters. The Labute approximate surface area is 175 Å². The monoisotopic (exact) mass is 449 g/mol. The van der Waals surface area contributed by atoms with Gasteiger partial charge in [0.2, 0.25) is 11.8 Å². The molecule has 1 aliphatic heterocycles. The van der Waals surface area contributed by atoms with Gasteiger partial charge in [-0.05, 0) is 17.7 Å². The number of anilines is 1. The fourth-order valence-electron chi connectivity index (χ4n) is 3.16. The molecule has 1 fully saturated rings. The summed E-state index contributed by atoms with van der Waals surface area (Å²) in [6.45, 7) is 3.81. The number of nitrogens with one attached hydrogen (secondary N) is 1. The maximum Gasteiger partial charge on any atom is 0.573 e. The fraction of sp³-hybridized carbons (Fsp3) is 0.368. The van der Waals surface area contributed by atoms with Crippen LogP contribution in [0.15, 0.2) is 41.6 Å². The van der Waals surface area contributed by atoms with Crippen LogP contribution in [0.2, 0.25) is 0 Å². The van der Waals surface area contributed by atoms with E-state index in [1.165, 1.54) is 18.0 Å². The maximum absolute atomic E-state index is 13.9. The number of allylic oxidation sites excluding steroid dienone is 1. The van der Waals surface area contributed by atoms with Crippen molar-refractivity contribution in [2.45, 2.75) is 6.36 Å². The highest BCUT2D eigenvalue weighted by Crippen LogP contribution is 2.37. The van der Waals surface area contributed by atoms with Gasteiger partial charge in [0, 0.05) is 33.6 Å². The Morgan fingerprint density at radius 1 is 1.40 bits per heavy atom. The van der Waals surface area contributed by atoms with E-state index >= 15 is 0 Å². The number of amides is 2. The van der Waals surface area contributed by atoms with Gasteiger partial charge in [0.25, 0.3) is 0 Å². The van der Waals surface area contributed by atoms with Crippen molar-refractivity contribution in [3.05, 3.63) is 47.4 Å². The molecule has 30 heavy (non-hydrogen) atoms. The van der Waals surface area contributed by atoms with Crippen molar-refractivity contribution >= 4 is 29.1 Å². The summed E-state index contributed by atoms with van der Waals surface area (Å²) in [5.41, 5.74) is -0.133. The molecule has 11 heteroatoms. The summed E-state index contributed by atoms with van der Waals surface area (Å²) < 4.78 is 55.5. The number of hydrogen-bond donors (Lipinski definition) is 1. The van der Waals surface area contributed by atoms with Gasteiger partial charge in [0.1, 0.15) is 11.1 Å². The number of likely N-dealkylation sites (tertiary alicyclic amines) is 1. The molecule has 0 radical (unpaired) electrons. The van der Waals surface area contributed by atoms with E-state index in [2.05, 4.69) is 16.6 Å². The number of ether oxygens (including phenoxy) is 1. The lowest BCUT2D eigenvalue weighted by atomic mass is 9.87. The molecule has 0 unspecified atom stereocenters. The van der Waals surface area contributed by atoms with E-state index in [0.29, 0.717) is 5.57 Å². The molecule has 0 bridgehead atoms. The Hall–Kier alpha value is -2.75. The number of benzene rings is 1. The van der Waals surface area contributed by atoms with E-state index in [1.54, 1.807) is 19.0 Å². The summed E-state index contributed by atoms with van der Waals surface area (Å²) in [5.74, 6) is -6.02.